The molecule has 0 spiro atoms. The Morgan fingerprint density at radius 1 is 1.67 bits per heavy atom. The predicted octanol–water partition coefficient (Wildman–Crippen LogP) is 1.28. The molecule has 1 aromatic heterocycles. The van der Waals surface area contributed by atoms with Crippen molar-refractivity contribution in [3.63, 3.8) is 0 Å². The minimum absolute atomic E-state index is 0.636. The Bertz CT molecular complexity index is 312. The van der Waals surface area contributed by atoms with Gasteiger partial charge in [0.25, 0.3) is 0 Å². The molecule has 1 fully saturated rings. The summed E-state index contributed by atoms with van der Waals surface area (Å²) in [4.78, 5) is 0. The van der Waals surface area contributed by atoms with Crippen LogP contribution in [-0.2, 0) is 13.1 Å². The van der Waals surface area contributed by atoms with Crippen molar-refractivity contribution >= 4 is 11.8 Å². The maximum Gasteiger partial charge on any atom is 0.146 e. The lowest BCUT2D eigenvalue weighted by molar-refractivity contribution is 0.492. The van der Waals surface area contributed by atoms with Crippen molar-refractivity contribution in [1.29, 1.82) is 0 Å². The molecule has 2 rings (SSSR count). The standard InChI is InChI=1S/C10H18N4S/c1-3-14-7-12-13-10(14)6-11-9-4-5-15-8(9)2/h7-9,11H,3-6H2,1-2H3. The van der Waals surface area contributed by atoms with Crippen molar-refractivity contribution in [3.05, 3.63) is 12.2 Å². The van der Waals surface area contributed by atoms with Gasteiger partial charge in [0, 0.05) is 17.8 Å². The summed E-state index contributed by atoms with van der Waals surface area (Å²) in [6.45, 7) is 6.18. The highest BCUT2D eigenvalue weighted by atomic mass is 32.2. The lowest BCUT2D eigenvalue weighted by atomic mass is 10.2. The molecular formula is C10H18N4S. The number of thioether (sulfide) groups is 1. The lowest BCUT2D eigenvalue weighted by Gasteiger charge is -2.16. The molecule has 4 nitrogen and oxygen atoms in total. The van der Waals surface area contributed by atoms with Crippen LogP contribution in [0.15, 0.2) is 6.33 Å². The summed E-state index contributed by atoms with van der Waals surface area (Å²) in [5.41, 5.74) is 0. The molecule has 0 saturated carbocycles. The van der Waals surface area contributed by atoms with Gasteiger partial charge < -0.3 is 9.88 Å². The van der Waals surface area contributed by atoms with Gasteiger partial charge in [0.05, 0.1) is 6.54 Å². The summed E-state index contributed by atoms with van der Waals surface area (Å²) >= 11 is 2.05. The topological polar surface area (TPSA) is 42.7 Å². The van der Waals surface area contributed by atoms with Crippen molar-refractivity contribution in [2.45, 2.75) is 44.6 Å². The first-order chi connectivity index (χ1) is 7.31. The predicted molar refractivity (Wildman–Crippen MR) is 62.9 cm³/mol. The number of hydrogen-bond acceptors (Lipinski definition) is 4. The van der Waals surface area contributed by atoms with Gasteiger partial charge in [-0.05, 0) is 19.1 Å². The molecule has 2 unspecified atom stereocenters. The van der Waals surface area contributed by atoms with Crippen LogP contribution < -0.4 is 5.32 Å². The van der Waals surface area contributed by atoms with Crippen LogP contribution in [0.5, 0.6) is 0 Å². The zero-order chi connectivity index (χ0) is 10.7. The third-order valence-corrected chi connectivity index (χ3v) is 4.26. The van der Waals surface area contributed by atoms with Crippen LogP contribution >= 0.6 is 11.8 Å². The molecule has 15 heavy (non-hydrogen) atoms. The zero-order valence-corrected chi connectivity index (χ0v) is 10.1. The normalized spacial score (nSPS) is 26.0. The number of aryl methyl sites for hydroxylation is 1. The second-order valence-electron chi connectivity index (χ2n) is 3.89. The Balaban J connectivity index is 1.87. The average Bonchev–Trinajstić information content (AvgIpc) is 2.83. The molecule has 1 saturated heterocycles. The van der Waals surface area contributed by atoms with Crippen molar-refractivity contribution in [2.75, 3.05) is 5.75 Å². The Hall–Kier alpha value is -0.550. The van der Waals surface area contributed by atoms with E-state index in [-0.39, 0.29) is 0 Å². The summed E-state index contributed by atoms with van der Waals surface area (Å²) in [5.74, 6) is 2.32. The first-order valence-electron chi connectivity index (χ1n) is 5.53. The SMILES string of the molecule is CCn1cnnc1CNC1CCSC1C. The van der Waals surface area contributed by atoms with Gasteiger partial charge >= 0.3 is 0 Å². The van der Waals surface area contributed by atoms with Gasteiger partial charge in [0.15, 0.2) is 0 Å². The minimum atomic E-state index is 0.636. The second kappa shape index (κ2) is 4.99. The Morgan fingerprint density at radius 2 is 2.53 bits per heavy atom. The Kier molecular flexibility index (Phi) is 3.64. The van der Waals surface area contributed by atoms with E-state index in [9.17, 15) is 0 Å². The van der Waals surface area contributed by atoms with E-state index in [1.54, 1.807) is 6.33 Å². The zero-order valence-electron chi connectivity index (χ0n) is 9.31. The molecule has 0 bridgehead atoms. The van der Waals surface area contributed by atoms with Crippen LogP contribution in [0.3, 0.4) is 0 Å². The highest BCUT2D eigenvalue weighted by Gasteiger charge is 2.23. The molecule has 1 aliphatic rings. The molecule has 1 aromatic rings. The van der Waals surface area contributed by atoms with Crippen molar-refractivity contribution in [3.8, 4) is 0 Å². The number of rotatable bonds is 4. The number of nitrogens with zero attached hydrogens (tertiary/aromatic N) is 3. The fourth-order valence-electron chi connectivity index (χ4n) is 1.90. The molecule has 2 atom stereocenters. The smallest absolute Gasteiger partial charge is 0.146 e. The van der Waals surface area contributed by atoms with Gasteiger partial charge in [0.2, 0.25) is 0 Å². The van der Waals surface area contributed by atoms with Crippen molar-refractivity contribution in [2.24, 2.45) is 0 Å². The van der Waals surface area contributed by atoms with Crippen LogP contribution in [0, 0.1) is 0 Å². The first kappa shape index (κ1) is 11.0. The third-order valence-electron chi connectivity index (χ3n) is 2.94. The van der Waals surface area contributed by atoms with Gasteiger partial charge in [-0.25, -0.2) is 0 Å². The van der Waals surface area contributed by atoms with Crippen molar-refractivity contribution < 1.29 is 0 Å². The number of hydrogen-bond donors (Lipinski definition) is 1. The maximum atomic E-state index is 4.12. The number of aromatic nitrogens is 3. The van der Waals surface area contributed by atoms with Gasteiger partial charge in [-0.2, -0.15) is 11.8 Å². The largest absolute Gasteiger partial charge is 0.317 e. The molecule has 0 aromatic carbocycles. The molecule has 0 radical (unpaired) electrons. The highest BCUT2D eigenvalue weighted by Crippen LogP contribution is 2.26. The number of nitrogens with one attached hydrogen (secondary N) is 1. The van der Waals surface area contributed by atoms with Crippen molar-refractivity contribution in [1.82, 2.24) is 20.1 Å². The molecule has 1 aliphatic heterocycles. The van der Waals surface area contributed by atoms with Gasteiger partial charge in [-0.1, -0.05) is 6.92 Å². The van der Waals surface area contributed by atoms with Gasteiger partial charge in [-0.15, -0.1) is 10.2 Å². The molecule has 84 valence electrons. The van der Waals surface area contributed by atoms with Crippen LogP contribution in [-0.4, -0.2) is 31.8 Å². The second-order valence-corrected chi connectivity index (χ2v) is 5.37. The molecule has 1 N–H and O–H groups in total. The summed E-state index contributed by atoms with van der Waals surface area (Å²) in [7, 11) is 0. The molecule has 0 aliphatic carbocycles. The van der Waals surface area contributed by atoms with E-state index in [4.69, 9.17) is 0 Å². The summed E-state index contributed by atoms with van der Waals surface area (Å²) in [6, 6.07) is 0.636. The van der Waals surface area contributed by atoms with E-state index in [2.05, 4.69) is 33.9 Å². The average molecular weight is 226 g/mol. The van der Waals surface area contributed by atoms with E-state index in [0.717, 1.165) is 24.2 Å². The van der Waals surface area contributed by atoms with Gasteiger partial charge in [-0.3, -0.25) is 0 Å². The van der Waals surface area contributed by atoms with Crippen LogP contribution in [0.2, 0.25) is 0 Å². The van der Waals surface area contributed by atoms with E-state index < -0.39 is 0 Å². The van der Waals surface area contributed by atoms with E-state index in [0.29, 0.717) is 6.04 Å². The van der Waals surface area contributed by atoms with Crippen LogP contribution in [0.4, 0.5) is 0 Å². The fourth-order valence-corrected chi connectivity index (χ4v) is 3.13. The van der Waals surface area contributed by atoms with Crippen LogP contribution in [0.25, 0.3) is 0 Å². The van der Waals surface area contributed by atoms with Gasteiger partial charge in [0.1, 0.15) is 12.2 Å². The van der Waals surface area contributed by atoms with E-state index in [1.165, 1.54) is 12.2 Å². The minimum Gasteiger partial charge on any atom is -0.317 e. The van der Waals surface area contributed by atoms with Crippen LogP contribution in [0.1, 0.15) is 26.1 Å². The molecule has 5 heteroatoms. The summed E-state index contributed by atoms with van der Waals surface area (Å²) in [6.07, 6.45) is 3.07. The lowest BCUT2D eigenvalue weighted by Crippen LogP contribution is -2.33. The third kappa shape index (κ3) is 2.52. The Morgan fingerprint density at radius 3 is 3.20 bits per heavy atom. The van der Waals surface area contributed by atoms with E-state index in [1.807, 2.05) is 11.8 Å². The highest BCUT2D eigenvalue weighted by molar-refractivity contribution is 8.00. The first-order valence-corrected chi connectivity index (χ1v) is 6.57. The van der Waals surface area contributed by atoms with E-state index >= 15 is 0 Å². The molecule has 2 heterocycles. The quantitative estimate of drug-likeness (QED) is 0.840. The fraction of sp³-hybridized carbons (Fsp3) is 0.800. The Labute approximate surface area is 94.8 Å². The monoisotopic (exact) mass is 226 g/mol. The maximum absolute atomic E-state index is 4.12. The summed E-state index contributed by atoms with van der Waals surface area (Å²) in [5, 5.41) is 12.3. The summed E-state index contributed by atoms with van der Waals surface area (Å²) < 4.78 is 2.08. The molecular weight excluding hydrogens is 208 g/mol. The molecule has 0 amide bonds.